The Kier molecular flexibility index (Phi) is 6.09. The molecule has 1 N–H and O–H groups in total. The van der Waals surface area contributed by atoms with Crippen LogP contribution in [0.1, 0.15) is 50.4 Å². The molecule has 0 radical (unpaired) electrons. The van der Waals surface area contributed by atoms with E-state index in [1.54, 1.807) is 31.4 Å². The van der Waals surface area contributed by atoms with E-state index >= 15 is 0 Å². The van der Waals surface area contributed by atoms with Gasteiger partial charge in [-0.1, -0.05) is 43.6 Å². The molecule has 4 rings (SSSR count). The van der Waals surface area contributed by atoms with E-state index < -0.39 is 32.8 Å². The van der Waals surface area contributed by atoms with Gasteiger partial charge in [-0.3, -0.25) is 14.9 Å². The molecular weight excluding hydrogens is 474 g/mol. The van der Waals surface area contributed by atoms with Crippen molar-refractivity contribution in [3.8, 4) is 5.75 Å². The third-order valence-electron chi connectivity index (χ3n) is 8.11. The van der Waals surface area contributed by atoms with Crippen molar-refractivity contribution in [2.24, 2.45) is 21.4 Å². The van der Waals surface area contributed by atoms with Crippen molar-refractivity contribution >= 4 is 40.6 Å². The van der Waals surface area contributed by atoms with Crippen molar-refractivity contribution in [3.63, 3.8) is 0 Å². The van der Waals surface area contributed by atoms with Crippen LogP contribution in [0.25, 0.3) is 0 Å². The van der Waals surface area contributed by atoms with Crippen LogP contribution in [-0.2, 0) is 9.63 Å². The summed E-state index contributed by atoms with van der Waals surface area (Å²) in [6.07, 6.45) is 1.71. The SMILES string of the molecule is COc1cccc(NC(=O)C23CCC(C)(C(=NOC(=O)c4ccc(Cl)c([N+](=O)[O-])c4)C2)C3(C)C)c1. The Morgan fingerprint density at radius 2 is 1.89 bits per heavy atom. The Morgan fingerprint density at radius 3 is 2.57 bits per heavy atom. The summed E-state index contributed by atoms with van der Waals surface area (Å²) in [5.41, 5.74) is -0.855. The van der Waals surface area contributed by atoms with E-state index in [-0.39, 0.29) is 16.5 Å². The third-order valence-corrected chi connectivity index (χ3v) is 8.43. The molecule has 184 valence electrons. The van der Waals surface area contributed by atoms with E-state index in [2.05, 4.69) is 10.5 Å². The number of rotatable bonds is 6. The number of nitro benzene ring substituents is 1. The van der Waals surface area contributed by atoms with Crippen molar-refractivity contribution in [2.75, 3.05) is 12.4 Å². The summed E-state index contributed by atoms with van der Waals surface area (Å²) in [4.78, 5) is 41.8. The fourth-order valence-electron chi connectivity index (χ4n) is 5.40. The molecule has 2 aliphatic rings. The van der Waals surface area contributed by atoms with Gasteiger partial charge in [0.25, 0.3) is 5.69 Å². The number of carbonyl (C=O) groups is 2. The molecule has 2 aromatic rings. The normalized spacial score (nSPS) is 25.3. The number of ether oxygens (including phenoxy) is 1. The summed E-state index contributed by atoms with van der Waals surface area (Å²) in [5.74, 6) is -0.320. The van der Waals surface area contributed by atoms with Crippen LogP contribution in [0, 0.1) is 26.4 Å². The van der Waals surface area contributed by atoms with Gasteiger partial charge in [0.2, 0.25) is 5.91 Å². The first-order chi connectivity index (χ1) is 16.4. The number of amides is 1. The standard InChI is InChI=1S/C25H26ClN3O6/c1-23(2)24(3)10-11-25(23,22(31)27-16-6-5-7-17(13-16)34-4)14-20(24)28-35-21(30)15-8-9-18(26)19(12-15)29(32)33/h5-9,12-13H,10-11,14H2,1-4H3,(H,27,31). The molecule has 2 aliphatic carbocycles. The maximum atomic E-state index is 13.6. The maximum Gasteiger partial charge on any atom is 0.365 e. The summed E-state index contributed by atoms with van der Waals surface area (Å²) >= 11 is 5.82. The molecule has 35 heavy (non-hydrogen) atoms. The number of methoxy groups -OCH3 is 1. The molecule has 2 bridgehead atoms. The second-order valence-corrected chi connectivity index (χ2v) is 10.1. The Balaban J connectivity index is 1.58. The third kappa shape index (κ3) is 3.83. The molecule has 2 saturated carbocycles. The molecule has 2 fully saturated rings. The second kappa shape index (κ2) is 8.64. The highest BCUT2D eigenvalue weighted by Crippen LogP contribution is 2.71. The number of carbonyl (C=O) groups excluding carboxylic acids is 2. The number of oxime groups is 1. The fraction of sp³-hybridized carbons (Fsp3) is 0.400. The number of hydrogen-bond acceptors (Lipinski definition) is 7. The number of nitrogens with one attached hydrogen (secondary N) is 1. The lowest BCUT2D eigenvalue weighted by Gasteiger charge is -2.39. The maximum absolute atomic E-state index is 13.6. The molecule has 0 aromatic heterocycles. The Bertz CT molecular complexity index is 1260. The Morgan fingerprint density at radius 1 is 1.14 bits per heavy atom. The molecule has 2 unspecified atom stereocenters. The van der Waals surface area contributed by atoms with Gasteiger partial charge in [0.15, 0.2) is 0 Å². The van der Waals surface area contributed by atoms with Crippen LogP contribution in [0.5, 0.6) is 5.75 Å². The largest absolute Gasteiger partial charge is 0.497 e. The monoisotopic (exact) mass is 499 g/mol. The fourth-order valence-corrected chi connectivity index (χ4v) is 5.59. The zero-order valence-corrected chi connectivity index (χ0v) is 20.6. The highest BCUT2D eigenvalue weighted by atomic mass is 35.5. The van der Waals surface area contributed by atoms with Crippen LogP contribution >= 0.6 is 11.6 Å². The van der Waals surface area contributed by atoms with Crippen LogP contribution < -0.4 is 10.1 Å². The zero-order chi connectivity index (χ0) is 25.6. The lowest BCUT2D eigenvalue weighted by molar-refractivity contribution is -0.384. The lowest BCUT2D eigenvalue weighted by atomic mass is 9.64. The molecule has 9 nitrogen and oxygen atoms in total. The van der Waals surface area contributed by atoms with Crippen LogP contribution in [0.4, 0.5) is 11.4 Å². The highest BCUT2D eigenvalue weighted by molar-refractivity contribution is 6.32. The first-order valence-corrected chi connectivity index (χ1v) is 11.5. The first kappa shape index (κ1) is 24.7. The van der Waals surface area contributed by atoms with Crippen molar-refractivity contribution < 1.29 is 24.1 Å². The van der Waals surface area contributed by atoms with Gasteiger partial charge < -0.3 is 14.9 Å². The molecule has 0 spiro atoms. The summed E-state index contributed by atoms with van der Waals surface area (Å²) in [7, 11) is 1.56. The van der Waals surface area contributed by atoms with E-state index in [0.717, 1.165) is 6.07 Å². The van der Waals surface area contributed by atoms with Crippen LogP contribution in [0.3, 0.4) is 0 Å². The predicted octanol–water partition coefficient (Wildman–Crippen LogP) is 5.62. The van der Waals surface area contributed by atoms with Crippen LogP contribution in [-0.4, -0.2) is 29.6 Å². The van der Waals surface area contributed by atoms with Gasteiger partial charge in [-0.2, -0.15) is 0 Å². The number of anilines is 1. The van der Waals surface area contributed by atoms with Gasteiger partial charge in [-0.05, 0) is 42.5 Å². The number of benzene rings is 2. The van der Waals surface area contributed by atoms with E-state index in [0.29, 0.717) is 36.4 Å². The van der Waals surface area contributed by atoms with Crippen molar-refractivity contribution in [1.29, 1.82) is 0 Å². The van der Waals surface area contributed by atoms with Crippen molar-refractivity contribution in [3.05, 3.63) is 63.2 Å². The van der Waals surface area contributed by atoms with Gasteiger partial charge in [0, 0.05) is 29.7 Å². The molecule has 2 atom stereocenters. The van der Waals surface area contributed by atoms with Gasteiger partial charge in [0.1, 0.15) is 10.8 Å². The summed E-state index contributed by atoms with van der Waals surface area (Å²) in [6, 6.07) is 10.8. The number of fused-ring (bicyclic) bond motifs is 2. The number of halogens is 1. The molecule has 0 aliphatic heterocycles. The topological polar surface area (TPSA) is 120 Å². The number of nitrogens with zero attached hydrogens (tertiary/aromatic N) is 2. The van der Waals surface area contributed by atoms with E-state index in [1.807, 2.05) is 20.8 Å². The van der Waals surface area contributed by atoms with E-state index in [1.165, 1.54) is 12.1 Å². The molecule has 2 aromatic carbocycles. The molecule has 0 heterocycles. The van der Waals surface area contributed by atoms with Gasteiger partial charge in [-0.25, -0.2) is 4.79 Å². The molecule has 1 amide bonds. The predicted molar refractivity (Wildman–Crippen MR) is 131 cm³/mol. The van der Waals surface area contributed by atoms with Gasteiger partial charge in [-0.15, -0.1) is 0 Å². The van der Waals surface area contributed by atoms with Crippen LogP contribution in [0.2, 0.25) is 5.02 Å². The first-order valence-electron chi connectivity index (χ1n) is 11.1. The molecule has 0 saturated heterocycles. The van der Waals surface area contributed by atoms with Crippen molar-refractivity contribution in [2.45, 2.75) is 40.0 Å². The average molecular weight is 500 g/mol. The zero-order valence-electron chi connectivity index (χ0n) is 19.9. The van der Waals surface area contributed by atoms with Crippen molar-refractivity contribution in [1.82, 2.24) is 0 Å². The summed E-state index contributed by atoms with van der Waals surface area (Å²) in [5, 5.41) is 18.2. The molecule has 10 heteroatoms. The summed E-state index contributed by atoms with van der Waals surface area (Å²) in [6.45, 7) is 6.11. The smallest absolute Gasteiger partial charge is 0.365 e. The molecular formula is C25H26ClN3O6. The highest BCUT2D eigenvalue weighted by Gasteiger charge is 2.71. The van der Waals surface area contributed by atoms with E-state index in [9.17, 15) is 19.7 Å². The second-order valence-electron chi connectivity index (χ2n) is 9.74. The van der Waals surface area contributed by atoms with Gasteiger partial charge in [0.05, 0.1) is 28.7 Å². The Labute approximate surface area is 207 Å². The minimum atomic E-state index is -0.837. The average Bonchev–Trinajstić information content (AvgIpc) is 3.13. The minimum Gasteiger partial charge on any atom is -0.497 e. The van der Waals surface area contributed by atoms with Crippen LogP contribution in [0.15, 0.2) is 47.6 Å². The summed E-state index contributed by atoms with van der Waals surface area (Å²) < 4.78 is 5.25. The number of hydrogen-bond donors (Lipinski definition) is 1. The number of nitro groups is 1. The van der Waals surface area contributed by atoms with E-state index in [4.69, 9.17) is 21.2 Å². The Hall–Kier alpha value is -3.46. The minimum absolute atomic E-state index is 0.0384. The lowest BCUT2D eigenvalue weighted by Crippen LogP contribution is -2.43. The van der Waals surface area contributed by atoms with Gasteiger partial charge >= 0.3 is 5.97 Å². The quantitative estimate of drug-likeness (QED) is 0.312.